The van der Waals surface area contributed by atoms with E-state index in [1.165, 1.54) is 0 Å². The third-order valence-corrected chi connectivity index (χ3v) is 5.45. The molecule has 0 atom stereocenters. The Hall–Kier alpha value is -2.22. The molecule has 0 aromatic rings. The van der Waals surface area contributed by atoms with Crippen LogP contribution in [0.3, 0.4) is 0 Å². The Morgan fingerprint density at radius 2 is 0.765 bits per heavy atom. The molecule has 16 heteroatoms. The van der Waals surface area contributed by atoms with Gasteiger partial charge in [-0.1, -0.05) is 0 Å². The van der Waals surface area contributed by atoms with Crippen LogP contribution in [0.4, 0.5) is 0 Å². The van der Waals surface area contributed by atoms with Crippen LogP contribution in [0.15, 0.2) is 30.9 Å². The standard InChI is InChI=1S/C18H28BN6O7.ClH.Tc/c26-19(30-23-16-10-4-1-7-13(16)20-27,31-24-17-11-5-2-8-14(17)21-28)32-25-18-12-6-3-9-15(18)22-29;;/h26-29H,1-12H2;1H;/q-1;;+5/p-4/b20-13-,21-14-,22-15+,23-16+,24-17+,25-18+;;/i;;1+1. The first-order chi connectivity index (χ1) is 15.6. The maximum absolute atomic E-state index is 11.0. The van der Waals surface area contributed by atoms with Crippen molar-refractivity contribution in [1.82, 2.24) is 0 Å². The fraction of sp³-hybridized carbons (Fsp3) is 0.667. The number of hydrogen-bond acceptors (Lipinski definition) is 13. The van der Waals surface area contributed by atoms with Crippen molar-refractivity contribution in [2.24, 2.45) is 30.9 Å². The molecular formula is C18H25BClN6O7Tc. The first-order valence-electron chi connectivity index (χ1n) is 10.8. The van der Waals surface area contributed by atoms with Crippen molar-refractivity contribution in [2.45, 2.75) is 77.0 Å². The van der Waals surface area contributed by atoms with E-state index in [-0.39, 0.29) is 66.8 Å². The SMILES string of the molecule is [99Tc+5].[Cl-].[O-]/N=C1/CCCC/C1=N\O[B-](O)(O/N=C1\CCCC\C1=N\[O-])O/N=C1\CCCC\C1=N/[O-]. The summed E-state index contributed by atoms with van der Waals surface area (Å²) in [6.45, 7) is -3.70. The van der Waals surface area contributed by atoms with Crippen LogP contribution in [-0.4, -0.2) is 46.3 Å². The van der Waals surface area contributed by atoms with Crippen LogP contribution in [0.2, 0.25) is 0 Å². The van der Waals surface area contributed by atoms with Crippen LogP contribution in [0, 0.1) is 15.6 Å². The second-order valence-corrected chi connectivity index (χ2v) is 7.77. The second-order valence-electron chi connectivity index (χ2n) is 7.77. The molecule has 0 aromatic carbocycles. The van der Waals surface area contributed by atoms with E-state index in [4.69, 9.17) is 14.3 Å². The van der Waals surface area contributed by atoms with Gasteiger partial charge in [-0.15, -0.1) is 15.5 Å². The van der Waals surface area contributed by atoms with Gasteiger partial charge in [-0.2, -0.15) is 0 Å². The summed E-state index contributed by atoms with van der Waals surface area (Å²) in [7, 11) is 0. The van der Waals surface area contributed by atoms with E-state index in [0.717, 1.165) is 38.5 Å². The Morgan fingerprint density at radius 3 is 1.00 bits per heavy atom. The first-order valence-corrected chi connectivity index (χ1v) is 10.8. The molecule has 0 bridgehead atoms. The van der Waals surface area contributed by atoms with Crippen LogP contribution >= 0.6 is 0 Å². The number of rotatable bonds is 6. The van der Waals surface area contributed by atoms with Gasteiger partial charge in [0, 0.05) is 0 Å². The van der Waals surface area contributed by atoms with E-state index in [0.29, 0.717) is 38.5 Å². The van der Waals surface area contributed by atoms with Gasteiger partial charge in [0.2, 0.25) is 0 Å². The quantitative estimate of drug-likeness (QED) is 0.338. The van der Waals surface area contributed by atoms with Crippen LogP contribution in [0.5, 0.6) is 0 Å². The zero-order chi connectivity index (χ0) is 22.8. The molecule has 3 saturated carbocycles. The molecule has 0 spiro atoms. The average molecular weight is 583 g/mol. The summed E-state index contributed by atoms with van der Waals surface area (Å²) in [4.78, 5) is 0. The van der Waals surface area contributed by atoms with Crippen LogP contribution in [0.25, 0.3) is 0 Å². The first kappa shape index (κ1) is 29.8. The molecule has 3 rings (SSSR count). The zero-order valence-electron chi connectivity index (χ0n) is 18.4. The molecule has 13 nitrogen and oxygen atoms in total. The molecule has 3 aliphatic carbocycles. The van der Waals surface area contributed by atoms with E-state index in [2.05, 4.69) is 30.9 Å². The monoisotopic (exact) mass is 582 g/mol. The van der Waals surface area contributed by atoms with Gasteiger partial charge < -0.3 is 62.8 Å². The number of hydrogen-bond donors (Lipinski definition) is 1. The third-order valence-electron chi connectivity index (χ3n) is 5.45. The fourth-order valence-electron chi connectivity index (χ4n) is 3.66. The maximum Gasteiger partial charge on any atom is 5.00 e. The molecule has 3 fully saturated rings. The van der Waals surface area contributed by atoms with Gasteiger partial charge in [-0.25, -0.2) is 0 Å². The summed E-state index contributed by atoms with van der Waals surface area (Å²) >= 11 is 0. The Bertz CT molecular complexity index is 760. The van der Waals surface area contributed by atoms with E-state index in [1.54, 1.807) is 0 Å². The minimum atomic E-state index is -3.70. The molecule has 0 unspecified atom stereocenters. The summed E-state index contributed by atoms with van der Waals surface area (Å²) in [5, 5.41) is 64.2. The predicted molar refractivity (Wildman–Crippen MR) is 121 cm³/mol. The number of oxime groups is 3. The molecule has 0 radical (unpaired) electrons. The normalized spacial score (nSPS) is 26.4. The Balaban J connectivity index is 0.00000289. The molecule has 0 heterocycles. The molecule has 3 aliphatic rings. The van der Waals surface area contributed by atoms with E-state index >= 15 is 0 Å². The van der Waals surface area contributed by atoms with Crippen molar-refractivity contribution in [3.63, 3.8) is 0 Å². The fourth-order valence-corrected chi connectivity index (χ4v) is 3.66. The van der Waals surface area contributed by atoms with Crippen molar-refractivity contribution in [2.75, 3.05) is 0 Å². The molecule has 186 valence electrons. The van der Waals surface area contributed by atoms with Crippen molar-refractivity contribution in [1.29, 1.82) is 0 Å². The van der Waals surface area contributed by atoms with Gasteiger partial charge in [0.1, 0.15) is 0 Å². The largest absolute Gasteiger partial charge is 5.00 e. The van der Waals surface area contributed by atoms with Gasteiger partial charge in [-0.05, 0) is 77.0 Å². The third kappa shape index (κ3) is 8.22. The molecule has 1 N–H and O–H groups in total. The Morgan fingerprint density at radius 1 is 0.529 bits per heavy atom. The number of nitrogens with zero attached hydrogens (tertiary/aromatic N) is 6. The van der Waals surface area contributed by atoms with Crippen LogP contribution in [0.1, 0.15) is 77.0 Å². The van der Waals surface area contributed by atoms with Crippen molar-refractivity contribution in [3.8, 4) is 0 Å². The smallest absolute Gasteiger partial charge is 1.00 e. The van der Waals surface area contributed by atoms with E-state index < -0.39 is 6.96 Å². The summed E-state index contributed by atoms with van der Waals surface area (Å²) < 4.78 is 15.3. The molecule has 0 amide bonds. The van der Waals surface area contributed by atoms with Crippen molar-refractivity contribution >= 4 is 41.2 Å². The summed E-state index contributed by atoms with van der Waals surface area (Å²) in [5.41, 5.74) is 1.43. The summed E-state index contributed by atoms with van der Waals surface area (Å²) in [6.07, 6.45) is 7.28. The topological polar surface area (TPSA) is 191 Å². The van der Waals surface area contributed by atoms with E-state index in [9.17, 15) is 20.6 Å². The maximum atomic E-state index is 11.0. The van der Waals surface area contributed by atoms with E-state index in [1.807, 2.05) is 0 Å². The average Bonchev–Trinajstić information content (AvgIpc) is 2.85. The minimum absolute atomic E-state index is 0. The Kier molecular flexibility index (Phi) is 13.1. The van der Waals surface area contributed by atoms with Gasteiger partial charge in [0.25, 0.3) is 0 Å². The molecular weight excluding hydrogens is 557 g/mol. The van der Waals surface area contributed by atoms with Crippen LogP contribution < -0.4 is 12.4 Å². The summed E-state index contributed by atoms with van der Waals surface area (Å²) in [5.74, 6) is 0. The van der Waals surface area contributed by atoms with Crippen molar-refractivity contribution in [3.05, 3.63) is 15.6 Å². The van der Waals surface area contributed by atoms with Gasteiger partial charge in [-0.3, -0.25) is 0 Å². The van der Waals surface area contributed by atoms with Gasteiger partial charge >= 0.3 is 27.1 Å². The molecule has 34 heavy (non-hydrogen) atoms. The van der Waals surface area contributed by atoms with Crippen LogP contribution in [-0.2, 0) is 34.4 Å². The molecule has 0 aliphatic heterocycles. The second kappa shape index (κ2) is 14.9. The van der Waals surface area contributed by atoms with Gasteiger partial charge in [0.05, 0.1) is 34.3 Å². The predicted octanol–water partition coefficient (Wildman–Crippen LogP) is 0.0720. The van der Waals surface area contributed by atoms with Gasteiger partial charge in [0.15, 0.2) is 0 Å². The minimum Gasteiger partial charge on any atom is -1.00 e. The zero-order valence-corrected chi connectivity index (χ0v) is 21.0. The van der Waals surface area contributed by atoms with Crippen molar-refractivity contribution < 1.29 is 51.8 Å². The Labute approximate surface area is 216 Å². The number of halogens is 1. The molecule has 0 saturated heterocycles. The summed E-state index contributed by atoms with van der Waals surface area (Å²) in [6, 6.07) is 0. The molecule has 0 aromatic heterocycles.